The molecule has 37 heavy (non-hydrogen) atoms. The van der Waals surface area contributed by atoms with Gasteiger partial charge in [-0.3, -0.25) is 13.9 Å². The van der Waals surface area contributed by atoms with Gasteiger partial charge < -0.3 is 10.2 Å². The second-order valence-electron chi connectivity index (χ2n) is 8.28. The Kier molecular flexibility index (Phi) is 10.7. The molecule has 0 bridgehead atoms. The first kappa shape index (κ1) is 30.7. The van der Waals surface area contributed by atoms with E-state index in [0.717, 1.165) is 28.8 Å². The third-order valence-electron chi connectivity index (χ3n) is 5.60. The van der Waals surface area contributed by atoms with Gasteiger partial charge in [-0.2, -0.15) is 13.2 Å². The average molecular weight is 582 g/mol. The first-order valence-corrected chi connectivity index (χ1v) is 13.9. The first-order chi connectivity index (χ1) is 17.2. The van der Waals surface area contributed by atoms with Gasteiger partial charge in [-0.25, -0.2) is 8.42 Å². The number of sulfonamides is 1. The summed E-state index contributed by atoms with van der Waals surface area (Å²) in [6.07, 6.45) is -3.63. The van der Waals surface area contributed by atoms with Gasteiger partial charge in [0.25, 0.3) is 0 Å². The van der Waals surface area contributed by atoms with E-state index in [4.69, 9.17) is 23.2 Å². The van der Waals surface area contributed by atoms with Gasteiger partial charge in [-0.05, 0) is 48.7 Å². The summed E-state index contributed by atoms with van der Waals surface area (Å²) in [4.78, 5) is 27.1. The Labute approximate surface area is 224 Å². The van der Waals surface area contributed by atoms with E-state index >= 15 is 0 Å². The molecule has 7 nitrogen and oxygen atoms in total. The monoisotopic (exact) mass is 581 g/mol. The third kappa shape index (κ3) is 8.51. The molecule has 0 aliphatic rings. The first-order valence-electron chi connectivity index (χ1n) is 11.3. The van der Waals surface area contributed by atoms with E-state index in [9.17, 15) is 31.2 Å². The van der Waals surface area contributed by atoms with Gasteiger partial charge in [0.1, 0.15) is 6.04 Å². The van der Waals surface area contributed by atoms with Crippen LogP contribution in [0.2, 0.25) is 10.0 Å². The standard InChI is InChI=1S/C24H28Cl2F3N3O4S/c1-4-21(23(34)30-2)31(15-16-10-11-18(25)14-20(16)26)22(33)9-6-12-32(37(3,35)36)19-8-5-7-17(13-19)24(27,28)29/h5,7-8,10-11,13-14,21H,4,6,9,12,15H2,1-3H3,(H,30,34)/t21-/m1/s1. The predicted molar refractivity (Wildman–Crippen MR) is 138 cm³/mol. The zero-order valence-electron chi connectivity index (χ0n) is 20.5. The lowest BCUT2D eigenvalue weighted by molar-refractivity contribution is -0.141. The van der Waals surface area contributed by atoms with Crippen molar-refractivity contribution in [3.8, 4) is 0 Å². The number of carbonyl (C=O) groups excluding carboxylic acids is 2. The number of nitrogens with zero attached hydrogens (tertiary/aromatic N) is 2. The Morgan fingerprint density at radius 3 is 2.32 bits per heavy atom. The maximum atomic E-state index is 13.3. The third-order valence-corrected chi connectivity index (χ3v) is 7.38. The molecule has 0 heterocycles. The fraction of sp³-hybridized carbons (Fsp3) is 0.417. The molecular weight excluding hydrogens is 554 g/mol. The number of likely N-dealkylation sites (N-methyl/N-ethyl adjacent to an activating group) is 1. The summed E-state index contributed by atoms with van der Waals surface area (Å²) < 4.78 is 65.0. The molecule has 0 radical (unpaired) electrons. The van der Waals surface area contributed by atoms with Crippen LogP contribution in [0.5, 0.6) is 0 Å². The topological polar surface area (TPSA) is 86.8 Å². The number of benzene rings is 2. The maximum Gasteiger partial charge on any atom is 0.416 e. The molecule has 0 fully saturated rings. The van der Waals surface area contributed by atoms with Gasteiger partial charge in [0, 0.05) is 36.6 Å². The Morgan fingerprint density at radius 2 is 1.78 bits per heavy atom. The lowest BCUT2D eigenvalue weighted by atomic mass is 10.1. The zero-order chi connectivity index (χ0) is 28.0. The van der Waals surface area contributed by atoms with Crippen LogP contribution in [0.3, 0.4) is 0 Å². The van der Waals surface area contributed by atoms with Crippen molar-refractivity contribution in [2.75, 3.05) is 24.2 Å². The Bertz CT molecular complexity index is 1230. The van der Waals surface area contributed by atoms with Gasteiger partial charge in [-0.1, -0.05) is 42.3 Å². The van der Waals surface area contributed by atoms with Crippen LogP contribution < -0.4 is 9.62 Å². The van der Waals surface area contributed by atoms with Crippen molar-refractivity contribution in [3.63, 3.8) is 0 Å². The Balaban J connectivity index is 2.26. The van der Waals surface area contributed by atoms with Crippen molar-refractivity contribution >= 4 is 50.7 Å². The highest BCUT2D eigenvalue weighted by Crippen LogP contribution is 2.32. The highest BCUT2D eigenvalue weighted by atomic mass is 35.5. The number of nitrogens with one attached hydrogen (secondary N) is 1. The van der Waals surface area contributed by atoms with Crippen LogP contribution in [-0.4, -0.2) is 51.0 Å². The molecule has 1 atom stereocenters. The highest BCUT2D eigenvalue weighted by Gasteiger charge is 2.32. The van der Waals surface area contributed by atoms with Crippen molar-refractivity contribution in [1.29, 1.82) is 0 Å². The van der Waals surface area contributed by atoms with Gasteiger partial charge in [0.2, 0.25) is 21.8 Å². The minimum absolute atomic E-state index is 0.00280. The van der Waals surface area contributed by atoms with Crippen molar-refractivity contribution in [1.82, 2.24) is 10.2 Å². The number of rotatable bonds is 11. The summed E-state index contributed by atoms with van der Waals surface area (Å²) in [7, 11) is -2.50. The normalized spacial score (nSPS) is 12.6. The highest BCUT2D eigenvalue weighted by molar-refractivity contribution is 7.92. The molecular formula is C24H28Cl2F3N3O4S. The van der Waals surface area contributed by atoms with Gasteiger partial charge in [-0.15, -0.1) is 0 Å². The molecule has 0 aliphatic heterocycles. The van der Waals surface area contributed by atoms with E-state index in [2.05, 4.69) is 5.32 Å². The fourth-order valence-corrected chi connectivity index (χ4v) is 5.19. The van der Waals surface area contributed by atoms with Crippen LogP contribution in [0.25, 0.3) is 0 Å². The molecule has 0 unspecified atom stereocenters. The van der Waals surface area contributed by atoms with Crippen LogP contribution >= 0.6 is 23.2 Å². The Hall–Kier alpha value is -2.50. The predicted octanol–water partition coefficient (Wildman–Crippen LogP) is 5.11. The van der Waals surface area contributed by atoms with E-state index in [1.54, 1.807) is 19.1 Å². The van der Waals surface area contributed by atoms with Gasteiger partial charge in [0.15, 0.2) is 0 Å². The summed E-state index contributed by atoms with van der Waals surface area (Å²) in [6.45, 7) is 1.51. The summed E-state index contributed by atoms with van der Waals surface area (Å²) in [5.74, 6) is -0.832. The number of carbonyl (C=O) groups is 2. The van der Waals surface area contributed by atoms with E-state index < -0.39 is 33.7 Å². The summed E-state index contributed by atoms with van der Waals surface area (Å²) in [5, 5.41) is 3.24. The van der Waals surface area contributed by atoms with E-state index in [1.807, 2.05) is 0 Å². The zero-order valence-corrected chi connectivity index (χ0v) is 22.8. The van der Waals surface area contributed by atoms with Crippen molar-refractivity contribution < 1.29 is 31.2 Å². The Morgan fingerprint density at radius 1 is 1.11 bits per heavy atom. The molecule has 2 aromatic carbocycles. The molecule has 0 aromatic heterocycles. The molecule has 0 spiro atoms. The number of hydrogen-bond donors (Lipinski definition) is 1. The van der Waals surface area contributed by atoms with Crippen LogP contribution in [0.4, 0.5) is 18.9 Å². The van der Waals surface area contributed by atoms with Crippen molar-refractivity contribution in [2.45, 2.75) is 44.9 Å². The number of halogens is 5. The summed E-state index contributed by atoms with van der Waals surface area (Å²) in [5.41, 5.74) is -0.591. The fourth-order valence-electron chi connectivity index (χ4n) is 3.76. The second-order valence-corrected chi connectivity index (χ2v) is 11.0. The second kappa shape index (κ2) is 12.8. The number of anilines is 1. The molecule has 204 valence electrons. The van der Waals surface area contributed by atoms with Crippen molar-refractivity contribution in [3.05, 3.63) is 63.6 Å². The van der Waals surface area contributed by atoms with Crippen LogP contribution in [0.15, 0.2) is 42.5 Å². The average Bonchev–Trinajstić information content (AvgIpc) is 2.81. The molecule has 1 N–H and O–H groups in total. The molecule has 0 aliphatic carbocycles. The lowest BCUT2D eigenvalue weighted by Crippen LogP contribution is -2.48. The molecule has 0 saturated carbocycles. The maximum absolute atomic E-state index is 13.3. The number of hydrogen-bond acceptors (Lipinski definition) is 4. The quantitative estimate of drug-likeness (QED) is 0.399. The smallest absolute Gasteiger partial charge is 0.357 e. The summed E-state index contributed by atoms with van der Waals surface area (Å²) in [6, 6.07) is 7.90. The number of alkyl halides is 3. The van der Waals surface area contributed by atoms with Crippen LogP contribution in [0, 0.1) is 0 Å². The van der Waals surface area contributed by atoms with Gasteiger partial charge >= 0.3 is 6.18 Å². The SMILES string of the molecule is CC[C@H](C(=O)NC)N(Cc1ccc(Cl)cc1Cl)C(=O)CCCN(c1cccc(C(F)(F)F)c1)S(C)(=O)=O. The largest absolute Gasteiger partial charge is 0.416 e. The lowest BCUT2D eigenvalue weighted by Gasteiger charge is -2.31. The van der Waals surface area contributed by atoms with E-state index in [0.29, 0.717) is 22.0 Å². The molecule has 13 heteroatoms. The molecule has 0 saturated heterocycles. The number of amides is 2. The van der Waals surface area contributed by atoms with Gasteiger partial charge in [0.05, 0.1) is 17.5 Å². The van der Waals surface area contributed by atoms with E-state index in [1.165, 1.54) is 24.1 Å². The van der Waals surface area contributed by atoms with Crippen molar-refractivity contribution in [2.24, 2.45) is 0 Å². The molecule has 2 amide bonds. The molecule has 2 aromatic rings. The van der Waals surface area contributed by atoms with Crippen LogP contribution in [-0.2, 0) is 32.3 Å². The van der Waals surface area contributed by atoms with E-state index in [-0.39, 0.29) is 37.5 Å². The summed E-state index contributed by atoms with van der Waals surface area (Å²) >= 11 is 12.2. The minimum Gasteiger partial charge on any atom is -0.357 e. The van der Waals surface area contributed by atoms with Crippen LogP contribution in [0.1, 0.15) is 37.3 Å². The molecule has 2 rings (SSSR count). The minimum atomic E-state index is -4.65.